The molecule has 0 spiro atoms. The van der Waals surface area contributed by atoms with Gasteiger partial charge in [0.15, 0.2) is 0 Å². The lowest BCUT2D eigenvalue weighted by Crippen LogP contribution is -2.14. The number of hydrogen-bond donors (Lipinski definition) is 0. The Kier molecular flexibility index (Phi) is 6.40. The molecule has 53 heavy (non-hydrogen) atoms. The average Bonchev–Trinajstić information content (AvgIpc) is 3.45. The van der Waals surface area contributed by atoms with E-state index in [0.717, 1.165) is 0 Å². The molecule has 0 nitrogen and oxygen atoms in total. The third-order valence-electron chi connectivity index (χ3n) is 12.0. The Morgan fingerprint density at radius 2 is 0.755 bits per heavy atom. The Balaban J connectivity index is 1.19. The quantitative estimate of drug-likeness (QED) is 0.164. The van der Waals surface area contributed by atoms with Gasteiger partial charge in [0.25, 0.3) is 0 Å². The van der Waals surface area contributed by atoms with Gasteiger partial charge in [-0.15, -0.1) is 0 Å². The lowest BCUT2D eigenvalue weighted by Gasteiger charge is -2.22. The molecule has 0 fully saturated rings. The second-order valence-electron chi connectivity index (χ2n) is 15.3. The molecule has 0 saturated carbocycles. The molecule has 0 aliphatic heterocycles. The van der Waals surface area contributed by atoms with Crippen LogP contribution in [0.1, 0.15) is 25.0 Å². The van der Waals surface area contributed by atoms with E-state index >= 15 is 0 Å². The molecule has 10 aromatic carbocycles. The Bertz CT molecular complexity index is 3140. The second kappa shape index (κ2) is 11.2. The molecule has 0 unspecified atom stereocenters. The Morgan fingerprint density at radius 1 is 0.264 bits per heavy atom. The van der Waals surface area contributed by atoms with Crippen LogP contribution >= 0.6 is 0 Å². The molecule has 0 saturated heterocycles. The monoisotopic (exact) mass is 672 g/mol. The van der Waals surface area contributed by atoms with Crippen molar-refractivity contribution in [2.75, 3.05) is 0 Å². The van der Waals surface area contributed by atoms with Gasteiger partial charge in [0.05, 0.1) is 0 Å². The van der Waals surface area contributed by atoms with Gasteiger partial charge in [-0.1, -0.05) is 159 Å². The molecule has 0 heteroatoms. The highest BCUT2D eigenvalue weighted by Gasteiger charge is 2.35. The van der Waals surface area contributed by atoms with Gasteiger partial charge in [-0.2, -0.15) is 0 Å². The van der Waals surface area contributed by atoms with Crippen molar-refractivity contribution in [3.05, 3.63) is 193 Å². The van der Waals surface area contributed by atoms with E-state index < -0.39 is 0 Å². The normalized spacial score (nSPS) is 13.2. The van der Waals surface area contributed by atoms with Crippen molar-refractivity contribution in [1.29, 1.82) is 0 Å². The van der Waals surface area contributed by atoms with E-state index in [4.69, 9.17) is 0 Å². The summed E-state index contributed by atoms with van der Waals surface area (Å²) in [6, 6.07) is 68.2. The first-order chi connectivity index (χ1) is 26.0. The average molecular weight is 673 g/mol. The van der Waals surface area contributed by atoms with Crippen molar-refractivity contribution in [1.82, 2.24) is 0 Å². The molecule has 0 N–H and O–H groups in total. The van der Waals surface area contributed by atoms with Crippen molar-refractivity contribution >= 4 is 53.9 Å². The van der Waals surface area contributed by atoms with E-state index in [1.807, 2.05) is 0 Å². The third kappa shape index (κ3) is 4.55. The molecule has 0 radical (unpaired) electrons. The zero-order chi connectivity index (χ0) is 35.3. The lowest BCUT2D eigenvalue weighted by molar-refractivity contribution is 0.660. The summed E-state index contributed by atoms with van der Waals surface area (Å²) in [5.41, 5.74) is 13.0. The maximum absolute atomic E-state index is 2.46. The van der Waals surface area contributed by atoms with Crippen LogP contribution in [0.2, 0.25) is 0 Å². The highest BCUT2D eigenvalue weighted by Crippen LogP contribution is 2.50. The fraction of sp³-hybridized carbons (Fsp3) is 0.0566. The highest BCUT2D eigenvalue weighted by molar-refractivity contribution is 6.24. The number of hydrogen-bond acceptors (Lipinski definition) is 0. The van der Waals surface area contributed by atoms with Crippen LogP contribution in [0.15, 0.2) is 182 Å². The highest BCUT2D eigenvalue weighted by atomic mass is 14.4. The minimum absolute atomic E-state index is 0.0501. The SMILES string of the molecule is CC1(C)c2ccccc2-c2ccc(-c3ccc4c(c3)c(-c3ccc5ccccc5c3)cc3c5ccccc5c(-c5ccc6ccccc6c5)cc43)cc21. The third-order valence-corrected chi connectivity index (χ3v) is 12.0. The van der Waals surface area contributed by atoms with Gasteiger partial charge >= 0.3 is 0 Å². The van der Waals surface area contributed by atoms with Crippen molar-refractivity contribution in [2.45, 2.75) is 19.3 Å². The predicted molar refractivity (Wildman–Crippen MR) is 228 cm³/mol. The summed E-state index contributed by atoms with van der Waals surface area (Å²) in [6.45, 7) is 4.73. The number of benzene rings is 10. The van der Waals surface area contributed by atoms with Crippen LogP contribution in [0.25, 0.3) is 98.4 Å². The van der Waals surface area contributed by atoms with Gasteiger partial charge in [0, 0.05) is 5.41 Å². The van der Waals surface area contributed by atoms with E-state index in [2.05, 4.69) is 196 Å². The van der Waals surface area contributed by atoms with E-state index in [1.165, 1.54) is 109 Å². The molecule has 0 atom stereocenters. The van der Waals surface area contributed by atoms with Crippen LogP contribution in [0.3, 0.4) is 0 Å². The topological polar surface area (TPSA) is 0 Å². The molecular formula is C53H36. The van der Waals surface area contributed by atoms with Crippen LogP contribution in [-0.2, 0) is 5.41 Å². The fourth-order valence-corrected chi connectivity index (χ4v) is 9.25. The molecule has 0 aromatic heterocycles. The van der Waals surface area contributed by atoms with Gasteiger partial charge in [-0.3, -0.25) is 0 Å². The standard InChI is InChI=1S/C53H36/c1-53(2)51-18-10-9-17-44(51)45-26-24-38(30-52(45)53)37-23-25-43-48(29-37)47(40-22-20-34-12-4-6-14-36(34)28-40)32-49-42-16-8-7-15-41(42)46(31-50(43)49)39-21-19-33-11-3-5-13-35(33)27-39/h3-32H,1-2H3. The summed E-state index contributed by atoms with van der Waals surface area (Å²) < 4.78 is 0. The molecule has 11 rings (SSSR count). The van der Waals surface area contributed by atoms with E-state index in [9.17, 15) is 0 Å². The van der Waals surface area contributed by atoms with Crippen LogP contribution in [-0.4, -0.2) is 0 Å². The summed E-state index contributed by atoms with van der Waals surface area (Å²) in [5.74, 6) is 0. The molecule has 0 bridgehead atoms. The van der Waals surface area contributed by atoms with Gasteiger partial charge in [0.2, 0.25) is 0 Å². The maximum Gasteiger partial charge on any atom is 0.0159 e. The van der Waals surface area contributed by atoms with Crippen molar-refractivity contribution < 1.29 is 0 Å². The first-order valence-electron chi connectivity index (χ1n) is 18.7. The van der Waals surface area contributed by atoms with Gasteiger partial charge in [-0.05, 0) is 146 Å². The maximum atomic E-state index is 2.46. The van der Waals surface area contributed by atoms with Gasteiger partial charge in [0.1, 0.15) is 0 Å². The summed E-state index contributed by atoms with van der Waals surface area (Å²) in [4.78, 5) is 0. The minimum atomic E-state index is -0.0501. The molecule has 0 amide bonds. The predicted octanol–water partition coefficient (Wildman–Crippen LogP) is 14.8. The molecular weight excluding hydrogens is 637 g/mol. The van der Waals surface area contributed by atoms with Crippen LogP contribution in [0, 0.1) is 0 Å². The van der Waals surface area contributed by atoms with Gasteiger partial charge in [-0.25, -0.2) is 0 Å². The van der Waals surface area contributed by atoms with Crippen LogP contribution < -0.4 is 0 Å². The number of fused-ring (bicyclic) bond motifs is 10. The first kappa shape index (κ1) is 30.2. The van der Waals surface area contributed by atoms with E-state index in [0.29, 0.717) is 0 Å². The summed E-state index contributed by atoms with van der Waals surface area (Å²) in [5, 5.41) is 12.7. The Morgan fingerprint density at radius 3 is 1.45 bits per heavy atom. The van der Waals surface area contributed by atoms with Crippen LogP contribution in [0.5, 0.6) is 0 Å². The molecule has 10 aromatic rings. The van der Waals surface area contributed by atoms with Crippen LogP contribution in [0.4, 0.5) is 0 Å². The zero-order valence-electron chi connectivity index (χ0n) is 29.8. The summed E-state index contributed by atoms with van der Waals surface area (Å²) >= 11 is 0. The smallest absolute Gasteiger partial charge is 0.0159 e. The zero-order valence-corrected chi connectivity index (χ0v) is 29.8. The van der Waals surface area contributed by atoms with E-state index in [1.54, 1.807) is 0 Å². The van der Waals surface area contributed by atoms with Crippen molar-refractivity contribution in [3.8, 4) is 44.5 Å². The summed E-state index contributed by atoms with van der Waals surface area (Å²) in [7, 11) is 0. The van der Waals surface area contributed by atoms with E-state index in [-0.39, 0.29) is 5.41 Å². The van der Waals surface area contributed by atoms with Crippen molar-refractivity contribution in [2.24, 2.45) is 0 Å². The Labute approximate surface area is 309 Å². The molecule has 1 aliphatic rings. The van der Waals surface area contributed by atoms with Crippen molar-refractivity contribution in [3.63, 3.8) is 0 Å². The Hall–Kier alpha value is -6.50. The fourth-order valence-electron chi connectivity index (χ4n) is 9.25. The second-order valence-corrected chi connectivity index (χ2v) is 15.3. The lowest BCUT2D eigenvalue weighted by atomic mass is 9.81. The molecule has 0 heterocycles. The number of rotatable bonds is 3. The van der Waals surface area contributed by atoms with Gasteiger partial charge < -0.3 is 0 Å². The molecule has 1 aliphatic carbocycles. The molecule has 248 valence electrons. The minimum Gasteiger partial charge on any atom is -0.0619 e. The largest absolute Gasteiger partial charge is 0.0619 e. The summed E-state index contributed by atoms with van der Waals surface area (Å²) in [6.07, 6.45) is 0. The first-order valence-corrected chi connectivity index (χ1v) is 18.7.